The minimum atomic E-state index is -0.520. The molecule has 0 bridgehead atoms. The smallest absolute Gasteiger partial charge is 0.261 e. The quantitative estimate of drug-likeness (QED) is 0.703. The number of rotatable bonds is 7. The lowest BCUT2D eigenvalue weighted by Gasteiger charge is -2.42. The summed E-state index contributed by atoms with van der Waals surface area (Å²) in [6.07, 6.45) is 2.66. The first kappa shape index (κ1) is 20.2. The summed E-state index contributed by atoms with van der Waals surface area (Å²) in [7, 11) is 0. The summed E-state index contributed by atoms with van der Waals surface area (Å²) in [5, 5.41) is 3.25. The van der Waals surface area contributed by atoms with Crippen molar-refractivity contribution in [3.05, 3.63) is 59.7 Å². The third kappa shape index (κ3) is 4.16. The van der Waals surface area contributed by atoms with Crippen LogP contribution < -0.4 is 14.8 Å². The van der Waals surface area contributed by atoms with E-state index in [0.29, 0.717) is 6.42 Å². The van der Waals surface area contributed by atoms with Gasteiger partial charge in [-0.1, -0.05) is 57.2 Å². The fourth-order valence-corrected chi connectivity index (χ4v) is 3.86. The van der Waals surface area contributed by atoms with E-state index in [1.54, 1.807) is 0 Å². The van der Waals surface area contributed by atoms with Crippen LogP contribution in [0.15, 0.2) is 48.5 Å². The molecule has 0 spiro atoms. The van der Waals surface area contributed by atoms with Gasteiger partial charge in [0, 0.05) is 12.0 Å². The Morgan fingerprint density at radius 3 is 2.50 bits per heavy atom. The molecule has 0 radical (unpaired) electrons. The number of fused-ring (bicyclic) bond motifs is 1. The Labute approximate surface area is 168 Å². The SMILES string of the molecule is CCC(Oc1ccccc1C)C(=O)NC1CC(CC)(CC)Oc2ccccc21. The average Bonchev–Trinajstić information content (AvgIpc) is 2.72. The van der Waals surface area contributed by atoms with Crippen LogP contribution >= 0.6 is 0 Å². The van der Waals surface area contributed by atoms with Crippen molar-refractivity contribution in [1.29, 1.82) is 0 Å². The maximum Gasteiger partial charge on any atom is 0.261 e. The van der Waals surface area contributed by atoms with Gasteiger partial charge in [0.1, 0.15) is 17.1 Å². The molecule has 2 unspecified atom stereocenters. The molecule has 28 heavy (non-hydrogen) atoms. The molecule has 1 aliphatic heterocycles. The third-order valence-corrected chi connectivity index (χ3v) is 5.83. The normalized spacial score (nSPS) is 18.5. The summed E-state index contributed by atoms with van der Waals surface area (Å²) in [6.45, 7) is 8.26. The molecule has 0 saturated heterocycles. The fraction of sp³-hybridized carbons (Fsp3) is 0.458. The first-order chi connectivity index (χ1) is 13.5. The molecule has 2 aromatic carbocycles. The van der Waals surface area contributed by atoms with Gasteiger partial charge in [0.15, 0.2) is 6.10 Å². The highest BCUT2D eigenvalue weighted by molar-refractivity contribution is 5.81. The lowest BCUT2D eigenvalue weighted by Crippen LogP contribution is -2.47. The van der Waals surface area contributed by atoms with Gasteiger partial charge >= 0.3 is 0 Å². The first-order valence-electron chi connectivity index (χ1n) is 10.3. The van der Waals surface area contributed by atoms with Crippen molar-refractivity contribution in [3.8, 4) is 11.5 Å². The second-order valence-electron chi connectivity index (χ2n) is 7.58. The second-order valence-corrected chi connectivity index (χ2v) is 7.58. The van der Waals surface area contributed by atoms with Crippen molar-refractivity contribution in [2.45, 2.75) is 71.1 Å². The molecule has 150 valence electrons. The first-order valence-corrected chi connectivity index (χ1v) is 10.3. The number of nitrogens with one attached hydrogen (secondary N) is 1. The van der Waals surface area contributed by atoms with Gasteiger partial charge < -0.3 is 14.8 Å². The van der Waals surface area contributed by atoms with Gasteiger partial charge in [-0.2, -0.15) is 0 Å². The molecule has 1 amide bonds. The molecular formula is C24H31NO3. The minimum Gasteiger partial charge on any atom is -0.487 e. The van der Waals surface area contributed by atoms with Crippen molar-refractivity contribution in [2.24, 2.45) is 0 Å². The predicted octanol–water partition coefficient (Wildman–Crippen LogP) is 5.35. The van der Waals surface area contributed by atoms with E-state index >= 15 is 0 Å². The largest absolute Gasteiger partial charge is 0.487 e. The van der Waals surface area contributed by atoms with Crippen LogP contribution in [0.3, 0.4) is 0 Å². The van der Waals surface area contributed by atoms with Gasteiger partial charge in [-0.05, 0) is 43.9 Å². The van der Waals surface area contributed by atoms with Crippen LogP contribution in [0, 0.1) is 6.92 Å². The molecule has 4 nitrogen and oxygen atoms in total. The van der Waals surface area contributed by atoms with Gasteiger partial charge in [0.05, 0.1) is 6.04 Å². The summed E-state index contributed by atoms with van der Waals surface area (Å²) in [4.78, 5) is 13.1. The molecule has 1 N–H and O–H groups in total. The van der Waals surface area contributed by atoms with Crippen LogP contribution in [0.25, 0.3) is 0 Å². The van der Waals surface area contributed by atoms with Gasteiger partial charge in [-0.3, -0.25) is 4.79 Å². The van der Waals surface area contributed by atoms with Crippen LogP contribution in [0.1, 0.15) is 63.6 Å². The zero-order chi connectivity index (χ0) is 20.1. The van der Waals surface area contributed by atoms with E-state index in [1.807, 2.05) is 62.4 Å². The Morgan fingerprint density at radius 1 is 1.14 bits per heavy atom. The zero-order valence-electron chi connectivity index (χ0n) is 17.3. The summed E-state index contributed by atoms with van der Waals surface area (Å²) in [5.41, 5.74) is 1.82. The Balaban J connectivity index is 1.80. The van der Waals surface area contributed by atoms with E-state index in [0.717, 1.165) is 41.9 Å². The lowest BCUT2D eigenvalue weighted by molar-refractivity contribution is -0.129. The maximum atomic E-state index is 13.1. The number of para-hydroxylation sites is 2. The van der Waals surface area contributed by atoms with E-state index in [2.05, 4.69) is 19.2 Å². The van der Waals surface area contributed by atoms with Gasteiger partial charge in [0.25, 0.3) is 5.91 Å². The van der Waals surface area contributed by atoms with E-state index in [9.17, 15) is 4.79 Å². The van der Waals surface area contributed by atoms with Crippen LogP contribution in [0.4, 0.5) is 0 Å². The molecule has 2 aromatic rings. The fourth-order valence-electron chi connectivity index (χ4n) is 3.86. The summed E-state index contributed by atoms with van der Waals surface area (Å²) < 4.78 is 12.4. The Hall–Kier alpha value is -2.49. The molecule has 0 fully saturated rings. The number of hydrogen-bond acceptors (Lipinski definition) is 3. The third-order valence-electron chi connectivity index (χ3n) is 5.83. The van der Waals surface area contributed by atoms with E-state index in [-0.39, 0.29) is 17.6 Å². The number of benzene rings is 2. The summed E-state index contributed by atoms with van der Waals surface area (Å²) >= 11 is 0. The Bertz CT molecular complexity index is 813. The summed E-state index contributed by atoms with van der Waals surface area (Å²) in [5.74, 6) is 1.55. The number of carbonyl (C=O) groups excluding carboxylic acids is 1. The number of hydrogen-bond donors (Lipinski definition) is 1. The van der Waals surface area contributed by atoms with Gasteiger partial charge in [0.2, 0.25) is 0 Å². The monoisotopic (exact) mass is 381 g/mol. The maximum absolute atomic E-state index is 13.1. The van der Waals surface area contributed by atoms with Crippen LogP contribution in [0.5, 0.6) is 11.5 Å². The highest BCUT2D eigenvalue weighted by Crippen LogP contribution is 2.42. The number of amides is 1. The van der Waals surface area contributed by atoms with E-state index in [4.69, 9.17) is 9.47 Å². The highest BCUT2D eigenvalue weighted by Gasteiger charge is 2.39. The van der Waals surface area contributed by atoms with E-state index < -0.39 is 6.10 Å². The summed E-state index contributed by atoms with van der Waals surface area (Å²) in [6, 6.07) is 15.7. The number of aryl methyl sites for hydroxylation is 1. The molecule has 1 heterocycles. The van der Waals surface area contributed by atoms with Crippen molar-refractivity contribution in [2.75, 3.05) is 0 Å². The molecule has 0 aliphatic carbocycles. The highest BCUT2D eigenvalue weighted by atomic mass is 16.5. The molecular weight excluding hydrogens is 350 g/mol. The van der Waals surface area contributed by atoms with Crippen molar-refractivity contribution >= 4 is 5.91 Å². The standard InChI is InChI=1S/C24H31NO3/c1-5-20(27-21-14-10-8-12-17(21)4)23(26)25-19-16-24(6-2,7-3)28-22-15-11-9-13-18(19)22/h8-15,19-20H,5-7,16H2,1-4H3,(H,25,26). The zero-order valence-corrected chi connectivity index (χ0v) is 17.3. The molecule has 0 saturated carbocycles. The predicted molar refractivity (Wildman–Crippen MR) is 112 cm³/mol. The minimum absolute atomic E-state index is 0.0754. The Kier molecular flexibility index (Phi) is 6.28. The Morgan fingerprint density at radius 2 is 1.82 bits per heavy atom. The van der Waals surface area contributed by atoms with E-state index in [1.165, 1.54) is 0 Å². The van der Waals surface area contributed by atoms with Crippen LogP contribution in [0.2, 0.25) is 0 Å². The lowest BCUT2D eigenvalue weighted by atomic mass is 9.83. The van der Waals surface area contributed by atoms with Crippen LogP contribution in [-0.2, 0) is 4.79 Å². The van der Waals surface area contributed by atoms with Crippen molar-refractivity contribution in [1.82, 2.24) is 5.32 Å². The second kappa shape index (κ2) is 8.68. The topological polar surface area (TPSA) is 47.6 Å². The van der Waals surface area contributed by atoms with Crippen LogP contribution in [-0.4, -0.2) is 17.6 Å². The molecule has 0 aromatic heterocycles. The van der Waals surface area contributed by atoms with Crippen molar-refractivity contribution in [3.63, 3.8) is 0 Å². The molecule has 4 heteroatoms. The van der Waals surface area contributed by atoms with Gasteiger partial charge in [-0.15, -0.1) is 0 Å². The molecule has 3 rings (SSSR count). The molecule has 2 atom stereocenters. The molecule has 1 aliphatic rings. The average molecular weight is 382 g/mol. The van der Waals surface area contributed by atoms with Crippen molar-refractivity contribution < 1.29 is 14.3 Å². The number of carbonyl (C=O) groups is 1. The number of ether oxygens (including phenoxy) is 2. The van der Waals surface area contributed by atoms with Gasteiger partial charge in [-0.25, -0.2) is 0 Å².